The third-order valence-corrected chi connectivity index (χ3v) is 19.2. The number of unbranched alkanes of at least 4 members (excludes halogenated alkanes) is 41. The van der Waals surface area contributed by atoms with Crippen LogP contribution < -0.4 is 0 Å². The fraction of sp³-hybridized carbons (Fsp3) is 0.896. The van der Waals surface area contributed by atoms with E-state index in [1.807, 2.05) is 0 Å². The molecule has 0 aliphatic heterocycles. The first-order valence-corrected chi connectivity index (χ1v) is 42.3. The Morgan fingerprint density at radius 3 is 0.854 bits per heavy atom. The van der Waals surface area contributed by atoms with Gasteiger partial charge in [-0.05, 0) is 63.2 Å². The Labute approximate surface area is 586 Å². The highest BCUT2D eigenvalue weighted by molar-refractivity contribution is 7.47. The van der Waals surface area contributed by atoms with E-state index in [1.165, 1.54) is 173 Å². The summed E-state index contributed by atoms with van der Waals surface area (Å²) in [6.45, 7) is 9.55. The van der Waals surface area contributed by atoms with Crippen LogP contribution in [-0.4, -0.2) is 96.7 Å². The monoisotopic (exact) mass is 1410 g/mol. The van der Waals surface area contributed by atoms with Gasteiger partial charge in [-0.15, -0.1) is 0 Å². The molecule has 3 N–H and O–H groups in total. The topological polar surface area (TPSA) is 237 Å². The van der Waals surface area contributed by atoms with Crippen molar-refractivity contribution in [3.8, 4) is 0 Å². The number of rotatable bonds is 74. The van der Waals surface area contributed by atoms with Crippen molar-refractivity contribution in [1.82, 2.24) is 0 Å². The fourth-order valence-corrected chi connectivity index (χ4v) is 12.9. The van der Waals surface area contributed by atoms with Crippen molar-refractivity contribution >= 4 is 39.5 Å². The zero-order valence-electron chi connectivity index (χ0n) is 62.2. The van der Waals surface area contributed by atoms with Crippen LogP contribution in [0.2, 0.25) is 0 Å². The van der Waals surface area contributed by atoms with Gasteiger partial charge in [0, 0.05) is 25.7 Å². The van der Waals surface area contributed by atoms with Gasteiger partial charge in [0.1, 0.15) is 19.3 Å². The van der Waals surface area contributed by atoms with Gasteiger partial charge >= 0.3 is 39.5 Å². The van der Waals surface area contributed by atoms with Crippen LogP contribution in [0.15, 0.2) is 24.3 Å². The van der Waals surface area contributed by atoms with Crippen LogP contribution in [0.25, 0.3) is 0 Å². The van der Waals surface area contributed by atoms with Crippen molar-refractivity contribution < 1.29 is 80.2 Å². The Bertz CT molecular complexity index is 1950. The molecule has 0 spiro atoms. The number of carbonyl (C=O) groups excluding carboxylic acids is 4. The molecular weight excluding hydrogens is 1260 g/mol. The van der Waals surface area contributed by atoms with E-state index in [1.54, 1.807) is 0 Å². The van der Waals surface area contributed by atoms with Crippen LogP contribution in [0.4, 0.5) is 0 Å². The van der Waals surface area contributed by atoms with Gasteiger partial charge in [-0.25, -0.2) is 9.13 Å². The molecular formula is C77H146O17P2. The van der Waals surface area contributed by atoms with E-state index in [2.05, 4.69) is 65.8 Å². The summed E-state index contributed by atoms with van der Waals surface area (Å²) >= 11 is 0. The van der Waals surface area contributed by atoms with Crippen LogP contribution in [0.1, 0.15) is 375 Å². The summed E-state index contributed by atoms with van der Waals surface area (Å²) in [6, 6.07) is 0. The minimum absolute atomic E-state index is 0.101. The number of hydrogen-bond acceptors (Lipinski definition) is 15. The van der Waals surface area contributed by atoms with E-state index >= 15 is 0 Å². The Balaban J connectivity index is 5.28. The van der Waals surface area contributed by atoms with E-state index in [0.717, 1.165) is 121 Å². The molecule has 0 amide bonds. The molecule has 0 aliphatic carbocycles. The number of phosphoric acid groups is 2. The van der Waals surface area contributed by atoms with Crippen LogP contribution in [0.3, 0.4) is 0 Å². The predicted molar refractivity (Wildman–Crippen MR) is 391 cm³/mol. The molecule has 0 fully saturated rings. The Morgan fingerprint density at radius 2 is 0.562 bits per heavy atom. The number of hydrogen-bond donors (Lipinski definition) is 3. The van der Waals surface area contributed by atoms with Gasteiger partial charge in [0.2, 0.25) is 0 Å². The lowest BCUT2D eigenvalue weighted by molar-refractivity contribution is -0.161. The van der Waals surface area contributed by atoms with Crippen molar-refractivity contribution in [2.24, 2.45) is 11.8 Å². The number of aliphatic hydroxyl groups is 1. The molecule has 0 aromatic heterocycles. The van der Waals surface area contributed by atoms with Crippen molar-refractivity contribution in [2.45, 2.75) is 394 Å². The highest BCUT2D eigenvalue weighted by Gasteiger charge is 2.30. The Hall–Kier alpha value is -2.46. The Morgan fingerprint density at radius 1 is 0.323 bits per heavy atom. The second kappa shape index (κ2) is 68.3. The summed E-state index contributed by atoms with van der Waals surface area (Å²) in [7, 11) is -9.92. The van der Waals surface area contributed by atoms with E-state index in [9.17, 15) is 43.2 Å². The number of ether oxygens (including phenoxy) is 4. The third kappa shape index (κ3) is 70.0. The first kappa shape index (κ1) is 93.5. The smallest absolute Gasteiger partial charge is 0.462 e. The van der Waals surface area contributed by atoms with Gasteiger partial charge in [-0.2, -0.15) is 0 Å². The average Bonchev–Trinajstić information content (AvgIpc) is 1.69. The maximum Gasteiger partial charge on any atom is 0.472 e. The van der Waals surface area contributed by atoms with Crippen LogP contribution in [-0.2, 0) is 65.4 Å². The molecule has 19 heteroatoms. The number of carbonyl (C=O) groups is 4. The van der Waals surface area contributed by atoms with Crippen LogP contribution in [0, 0.1) is 11.8 Å². The SMILES string of the molecule is CCCCCC/C=C\C=C/CCCCCCCC(=O)OC[C@H](COP(=O)(O)OC[C@@H](O)COP(=O)(O)OC[C@@H](COC(=O)CCCCCCCCCCCC)OC(=O)CCCCCCCCCCCCCC(C)C)OC(=O)CCCCCCCCCCCCCCCCC(C)C. The third-order valence-electron chi connectivity index (χ3n) is 17.3. The second-order valence-corrected chi connectivity index (χ2v) is 30.9. The Kier molecular flexibility index (Phi) is 66.6. The van der Waals surface area contributed by atoms with Crippen LogP contribution in [0.5, 0.6) is 0 Å². The molecule has 0 radical (unpaired) electrons. The lowest BCUT2D eigenvalue weighted by Crippen LogP contribution is -2.30. The summed E-state index contributed by atoms with van der Waals surface area (Å²) in [5, 5.41) is 10.6. The minimum Gasteiger partial charge on any atom is -0.462 e. The number of allylic oxidation sites excluding steroid dienone is 4. The zero-order valence-corrected chi connectivity index (χ0v) is 63.9. The lowest BCUT2D eigenvalue weighted by atomic mass is 10.0. The van der Waals surface area contributed by atoms with E-state index in [-0.39, 0.29) is 25.7 Å². The number of phosphoric ester groups is 2. The van der Waals surface area contributed by atoms with Crippen molar-refractivity contribution in [1.29, 1.82) is 0 Å². The van der Waals surface area contributed by atoms with E-state index in [4.69, 9.17) is 37.0 Å². The number of aliphatic hydroxyl groups excluding tert-OH is 1. The largest absolute Gasteiger partial charge is 0.472 e. The summed E-state index contributed by atoms with van der Waals surface area (Å²) < 4.78 is 68.5. The molecule has 566 valence electrons. The maximum atomic E-state index is 13.1. The molecule has 0 bridgehead atoms. The first-order valence-electron chi connectivity index (χ1n) is 39.3. The zero-order chi connectivity index (χ0) is 70.7. The van der Waals surface area contributed by atoms with Gasteiger partial charge in [0.15, 0.2) is 12.2 Å². The molecule has 0 aliphatic rings. The van der Waals surface area contributed by atoms with Crippen LogP contribution >= 0.6 is 15.6 Å². The van der Waals surface area contributed by atoms with E-state index in [0.29, 0.717) is 25.7 Å². The highest BCUT2D eigenvalue weighted by atomic mass is 31.2. The van der Waals surface area contributed by atoms with Gasteiger partial charge < -0.3 is 33.8 Å². The quantitative estimate of drug-likeness (QED) is 0.0169. The van der Waals surface area contributed by atoms with E-state index < -0.39 is 97.5 Å². The summed E-state index contributed by atoms with van der Waals surface area (Å²) in [5.74, 6) is -0.587. The first-order chi connectivity index (χ1) is 46.4. The molecule has 96 heavy (non-hydrogen) atoms. The molecule has 0 saturated carbocycles. The summed E-state index contributed by atoms with van der Waals surface area (Å²) in [6.07, 6.45) is 59.0. The van der Waals surface area contributed by atoms with Gasteiger partial charge in [0.05, 0.1) is 26.4 Å². The normalized spacial score (nSPS) is 14.2. The average molecular weight is 1410 g/mol. The lowest BCUT2D eigenvalue weighted by Gasteiger charge is -2.21. The molecule has 0 heterocycles. The predicted octanol–water partition coefficient (Wildman–Crippen LogP) is 22.3. The molecule has 2 unspecified atom stereocenters. The maximum absolute atomic E-state index is 13.1. The summed E-state index contributed by atoms with van der Waals surface area (Å²) in [4.78, 5) is 72.8. The molecule has 0 rings (SSSR count). The molecule has 0 saturated heterocycles. The molecule has 5 atom stereocenters. The molecule has 17 nitrogen and oxygen atoms in total. The minimum atomic E-state index is -4.97. The van der Waals surface area contributed by atoms with Crippen molar-refractivity contribution in [3.05, 3.63) is 24.3 Å². The second-order valence-electron chi connectivity index (χ2n) is 28.0. The standard InChI is InChI=1S/C77H146O17P2/c1-7-9-11-13-15-17-19-20-21-25-30-36-42-48-54-60-75(80)88-66-73(93-76(81)61-55-49-43-37-31-26-23-22-24-28-33-39-45-51-57-69(3)4)68-92-96(85,86)90-64-71(78)63-89-95(83,84)91-67-72(65-87-74(79)59-53-47-41-35-18-16-14-12-10-8-2)94-77(82)62-56-50-44-38-32-27-29-34-40-46-52-58-70(5)6/h17,19-21,69-73,78H,7-16,18,22-68H2,1-6H3,(H,83,84)(H,85,86)/b19-17-,21-20-/t71-,72+,73+/m0/s1. The van der Waals surface area contributed by atoms with Crippen molar-refractivity contribution in [3.63, 3.8) is 0 Å². The van der Waals surface area contributed by atoms with Crippen molar-refractivity contribution in [2.75, 3.05) is 39.6 Å². The highest BCUT2D eigenvalue weighted by Crippen LogP contribution is 2.45. The number of esters is 4. The molecule has 0 aromatic rings. The fourth-order valence-electron chi connectivity index (χ4n) is 11.3. The summed E-state index contributed by atoms with van der Waals surface area (Å²) in [5.41, 5.74) is 0. The van der Waals surface area contributed by atoms with Gasteiger partial charge in [-0.1, -0.05) is 323 Å². The van der Waals surface area contributed by atoms with Gasteiger partial charge in [0.25, 0.3) is 0 Å². The molecule has 0 aromatic carbocycles. The van der Waals surface area contributed by atoms with Gasteiger partial charge in [-0.3, -0.25) is 37.3 Å².